The Hall–Kier alpha value is -2.59. The summed E-state index contributed by atoms with van der Waals surface area (Å²) in [4.78, 5) is 12.8. The molecule has 3 aromatic rings. The van der Waals surface area contributed by atoms with Crippen molar-refractivity contribution in [2.45, 2.75) is 24.5 Å². The lowest BCUT2D eigenvalue weighted by Crippen LogP contribution is -2.33. The second-order valence-electron chi connectivity index (χ2n) is 5.85. The predicted octanol–water partition coefficient (Wildman–Crippen LogP) is -0.313. The third-order valence-electron chi connectivity index (χ3n) is 4.28. The zero-order valence-electron chi connectivity index (χ0n) is 13.1. The number of aromatic nitrogens is 4. The molecule has 9 heteroatoms. The largest absolute Gasteiger partial charge is 0.394 e. The maximum Gasteiger partial charge on any atom is 0.222 e. The highest BCUT2D eigenvalue weighted by Crippen LogP contribution is 2.33. The van der Waals surface area contributed by atoms with Gasteiger partial charge in [0.1, 0.15) is 29.5 Å². The zero-order valence-corrected chi connectivity index (χ0v) is 13.1. The summed E-state index contributed by atoms with van der Waals surface area (Å²) < 4.78 is 7.03. The van der Waals surface area contributed by atoms with Crippen molar-refractivity contribution in [3.05, 3.63) is 36.7 Å². The molecule has 0 radical (unpaired) electrons. The van der Waals surface area contributed by atoms with Gasteiger partial charge in [-0.15, -0.1) is 0 Å². The molecule has 25 heavy (non-hydrogen) atoms. The average Bonchev–Trinajstić information content (AvgIpc) is 3.16. The van der Waals surface area contributed by atoms with Crippen LogP contribution in [0.4, 0.5) is 5.95 Å². The highest BCUT2D eigenvalue weighted by atomic mass is 16.6. The lowest BCUT2D eigenvalue weighted by molar-refractivity contribution is -0.0511. The second-order valence-corrected chi connectivity index (χ2v) is 5.85. The topological polar surface area (TPSA) is 140 Å². The molecule has 130 valence electrons. The average molecular weight is 343 g/mol. The van der Waals surface area contributed by atoms with Gasteiger partial charge >= 0.3 is 0 Å². The predicted molar refractivity (Wildman–Crippen MR) is 88.2 cm³/mol. The maximum absolute atomic E-state index is 10.2. The summed E-state index contributed by atoms with van der Waals surface area (Å²) in [5, 5.41) is 29.4. The van der Waals surface area contributed by atoms with E-state index in [9.17, 15) is 15.3 Å². The van der Waals surface area contributed by atoms with Gasteiger partial charge in [0.2, 0.25) is 5.95 Å². The molecular weight excluding hydrogens is 326 g/mol. The number of anilines is 1. The Morgan fingerprint density at radius 3 is 2.56 bits per heavy atom. The number of hydrogen-bond donors (Lipinski definition) is 4. The van der Waals surface area contributed by atoms with Gasteiger partial charge in [-0.25, -0.2) is 9.97 Å². The molecule has 4 rings (SSSR count). The third kappa shape index (κ3) is 2.53. The number of aliphatic hydroxyl groups is 3. The first-order valence-corrected chi connectivity index (χ1v) is 7.78. The van der Waals surface area contributed by atoms with Crippen LogP contribution in [0.15, 0.2) is 36.7 Å². The Balaban J connectivity index is 1.84. The molecule has 9 nitrogen and oxygen atoms in total. The number of nitrogens with two attached hydrogens (primary N) is 1. The molecule has 1 aromatic carbocycles. The lowest BCUT2D eigenvalue weighted by Gasteiger charge is -2.16. The molecule has 4 atom stereocenters. The number of imidazole rings is 1. The van der Waals surface area contributed by atoms with E-state index in [0.717, 1.165) is 5.56 Å². The van der Waals surface area contributed by atoms with Gasteiger partial charge in [-0.3, -0.25) is 4.57 Å². The number of nitrogen functional groups attached to an aromatic ring is 1. The summed E-state index contributed by atoms with van der Waals surface area (Å²) in [6, 6.07) is 9.41. The second kappa shape index (κ2) is 6.05. The van der Waals surface area contributed by atoms with Crippen LogP contribution in [0.25, 0.3) is 22.4 Å². The van der Waals surface area contributed by atoms with Gasteiger partial charge < -0.3 is 25.8 Å². The van der Waals surface area contributed by atoms with Crippen molar-refractivity contribution < 1.29 is 20.1 Å². The van der Waals surface area contributed by atoms with Crippen LogP contribution < -0.4 is 5.73 Å². The third-order valence-corrected chi connectivity index (χ3v) is 4.28. The van der Waals surface area contributed by atoms with Gasteiger partial charge in [-0.1, -0.05) is 30.3 Å². The molecule has 0 aliphatic carbocycles. The number of hydrogen-bond acceptors (Lipinski definition) is 8. The number of nitrogens with zero attached hydrogens (tertiary/aromatic N) is 4. The van der Waals surface area contributed by atoms with Crippen molar-refractivity contribution in [2.24, 2.45) is 0 Å². The van der Waals surface area contributed by atoms with Crippen LogP contribution in [0.1, 0.15) is 6.23 Å². The fraction of sp³-hybridized carbons (Fsp3) is 0.312. The summed E-state index contributed by atoms with van der Waals surface area (Å²) in [5.74, 6) is 0.0554. The Morgan fingerprint density at radius 1 is 1.12 bits per heavy atom. The highest BCUT2D eigenvalue weighted by molar-refractivity contribution is 5.88. The molecular formula is C16H17N5O4. The quantitative estimate of drug-likeness (QED) is 0.508. The smallest absolute Gasteiger partial charge is 0.222 e. The van der Waals surface area contributed by atoms with E-state index in [1.165, 1.54) is 10.9 Å². The standard InChI is InChI=1S/C16H17N5O4/c17-16-19-10(8-4-2-1-3-5-8)11-14(20-16)21(7-18-11)15-13(24)12(23)9(6-22)25-15/h1-5,7,9,12-13,15,22-24H,6H2,(H2,17,19,20)/t9-,12-,13-,15-/m1/s1. The molecule has 2 aromatic heterocycles. The van der Waals surface area contributed by atoms with Crippen LogP contribution in [0, 0.1) is 0 Å². The Kier molecular flexibility index (Phi) is 3.85. The van der Waals surface area contributed by atoms with Crippen LogP contribution in [0.3, 0.4) is 0 Å². The van der Waals surface area contributed by atoms with Crippen molar-refractivity contribution in [1.82, 2.24) is 19.5 Å². The van der Waals surface area contributed by atoms with E-state index in [0.29, 0.717) is 16.9 Å². The maximum atomic E-state index is 10.2. The van der Waals surface area contributed by atoms with Crippen LogP contribution in [-0.4, -0.2) is 59.8 Å². The molecule has 5 N–H and O–H groups in total. The number of fused-ring (bicyclic) bond motifs is 1. The Bertz CT molecular complexity index is 900. The summed E-state index contributed by atoms with van der Waals surface area (Å²) in [6.07, 6.45) is -2.81. The SMILES string of the molecule is Nc1nc(-c2ccccc2)c2ncn([C@@H]3O[C@H](CO)[C@@H](O)[C@H]3O)c2n1. The van der Waals surface area contributed by atoms with Crippen LogP contribution in [0.5, 0.6) is 0 Å². The summed E-state index contributed by atoms with van der Waals surface area (Å²) in [6.45, 7) is -0.409. The zero-order chi connectivity index (χ0) is 17.6. The van der Waals surface area contributed by atoms with E-state index in [2.05, 4.69) is 15.0 Å². The fourth-order valence-corrected chi connectivity index (χ4v) is 3.03. The van der Waals surface area contributed by atoms with Gasteiger partial charge in [0.25, 0.3) is 0 Å². The highest BCUT2D eigenvalue weighted by Gasteiger charge is 2.44. The number of ether oxygens (including phenoxy) is 1. The van der Waals surface area contributed by atoms with E-state index in [1.54, 1.807) is 0 Å². The van der Waals surface area contributed by atoms with Gasteiger partial charge in [-0.2, -0.15) is 4.98 Å². The molecule has 0 amide bonds. The molecule has 1 saturated heterocycles. The fourth-order valence-electron chi connectivity index (χ4n) is 3.03. The van der Waals surface area contributed by atoms with Crippen LogP contribution in [-0.2, 0) is 4.74 Å². The van der Waals surface area contributed by atoms with Crippen LogP contribution >= 0.6 is 0 Å². The molecule has 0 unspecified atom stereocenters. The van der Waals surface area contributed by atoms with Crippen molar-refractivity contribution in [2.75, 3.05) is 12.3 Å². The summed E-state index contributed by atoms with van der Waals surface area (Å²) in [7, 11) is 0. The van der Waals surface area contributed by atoms with Crippen molar-refractivity contribution in [3.63, 3.8) is 0 Å². The first-order chi connectivity index (χ1) is 12.1. The molecule has 0 spiro atoms. The Labute approximate surface area is 142 Å². The number of benzene rings is 1. The Morgan fingerprint density at radius 2 is 1.88 bits per heavy atom. The van der Waals surface area contributed by atoms with Gasteiger partial charge in [-0.05, 0) is 0 Å². The van der Waals surface area contributed by atoms with Gasteiger partial charge in [0.15, 0.2) is 11.9 Å². The molecule has 0 bridgehead atoms. The monoisotopic (exact) mass is 343 g/mol. The number of aliphatic hydroxyl groups excluding tert-OH is 3. The van der Waals surface area contributed by atoms with E-state index < -0.39 is 31.1 Å². The lowest BCUT2D eigenvalue weighted by atomic mass is 10.1. The molecule has 3 heterocycles. The van der Waals surface area contributed by atoms with Gasteiger partial charge in [0, 0.05) is 5.56 Å². The molecule has 0 saturated carbocycles. The minimum absolute atomic E-state index is 0.0554. The first kappa shape index (κ1) is 15.9. The normalized spacial score (nSPS) is 26.4. The van der Waals surface area contributed by atoms with Crippen LogP contribution in [0.2, 0.25) is 0 Å². The van der Waals surface area contributed by atoms with Crippen molar-refractivity contribution >= 4 is 17.1 Å². The van der Waals surface area contributed by atoms with Gasteiger partial charge in [0.05, 0.1) is 12.9 Å². The summed E-state index contributed by atoms with van der Waals surface area (Å²) in [5.41, 5.74) is 8.11. The minimum atomic E-state index is -1.23. The number of rotatable bonds is 3. The molecule has 1 aliphatic heterocycles. The van der Waals surface area contributed by atoms with Crippen molar-refractivity contribution in [3.8, 4) is 11.3 Å². The van der Waals surface area contributed by atoms with E-state index in [-0.39, 0.29) is 5.95 Å². The van der Waals surface area contributed by atoms with E-state index in [1.807, 2.05) is 30.3 Å². The first-order valence-electron chi connectivity index (χ1n) is 7.78. The minimum Gasteiger partial charge on any atom is -0.394 e. The molecule has 1 fully saturated rings. The summed E-state index contributed by atoms with van der Waals surface area (Å²) >= 11 is 0. The van der Waals surface area contributed by atoms with E-state index >= 15 is 0 Å². The van der Waals surface area contributed by atoms with E-state index in [4.69, 9.17) is 10.5 Å². The van der Waals surface area contributed by atoms with Crippen molar-refractivity contribution in [1.29, 1.82) is 0 Å². The molecule has 1 aliphatic rings.